The van der Waals surface area contributed by atoms with E-state index in [2.05, 4.69) is 15.5 Å². The van der Waals surface area contributed by atoms with Crippen LogP contribution in [0.5, 0.6) is 0 Å². The Balaban J connectivity index is 1.81. The molecule has 0 amide bonds. The van der Waals surface area contributed by atoms with Crippen LogP contribution in [0.4, 0.5) is 5.13 Å². The fraction of sp³-hybridized carbons (Fsp3) is 0.136. The Hall–Kier alpha value is -3.45. The molecule has 146 valence electrons. The summed E-state index contributed by atoms with van der Waals surface area (Å²) in [6.07, 6.45) is 0. The van der Waals surface area contributed by atoms with Crippen molar-refractivity contribution in [1.82, 2.24) is 4.98 Å². The maximum Gasteiger partial charge on any atom is 0.350 e. The van der Waals surface area contributed by atoms with Crippen LogP contribution in [0.15, 0.2) is 64.1 Å². The molecule has 29 heavy (non-hydrogen) atoms. The van der Waals surface area contributed by atoms with E-state index in [4.69, 9.17) is 9.15 Å². The number of hydrogen-bond acceptors (Lipinski definition) is 7. The number of fused-ring (bicyclic) bond motifs is 1. The highest BCUT2D eigenvalue weighted by molar-refractivity contribution is 7.17. The Bertz CT molecular complexity index is 1260. The van der Waals surface area contributed by atoms with Gasteiger partial charge in [0.2, 0.25) is 5.13 Å². The van der Waals surface area contributed by atoms with Crippen molar-refractivity contribution in [1.29, 1.82) is 0 Å². The lowest BCUT2D eigenvalue weighted by molar-refractivity contribution is 0.0605. The number of rotatable bonds is 4. The predicted octanol–water partition coefficient (Wildman–Crippen LogP) is 4.89. The van der Waals surface area contributed by atoms with Crippen LogP contribution in [0, 0.1) is 13.8 Å². The first-order valence-electron chi connectivity index (χ1n) is 9.00. The van der Waals surface area contributed by atoms with Gasteiger partial charge < -0.3 is 9.15 Å². The van der Waals surface area contributed by atoms with Crippen LogP contribution in [0.1, 0.15) is 20.9 Å². The van der Waals surface area contributed by atoms with Crippen LogP contribution in [-0.2, 0) is 4.74 Å². The lowest BCUT2D eigenvalue weighted by Crippen LogP contribution is -2.07. The summed E-state index contributed by atoms with van der Waals surface area (Å²) < 4.78 is 10.9. The highest BCUT2D eigenvalue weighted by Crippen LogP contribution is 2.24. The molecule has 0 fully saturated rings. The second-order valence-corrected chi connectivity index (χ2v) is 7.51. The average molecular weight is 405 g/mol. The molecule has 0 radical (unpaired) electrons. The second kappa shape index (κ2) is 7.89. The number of anilines is 1. The van der Waals surface area contributed by atoms with E-state index in [1.807, 2.05) is 61.5 Å². The first-order chi connectivity index (χ1) is 14.0. The minimum atomic E-state index is -0.404. The molecule has 1 N–H and O–H groups in total. The summed E-state index contributed by atoms with van der Waals surface area (Å²) in [5, 5.41) is 6.66. The maximum absolute atomic E-state index is 11.8. The number of carbonyl (C=O) groups excluding carboxylic acids is 1. The van der Waals surface area contributed by atoms with Crippen LogP contribution in [0.2, 0.25) is 0 Å². The quantitative estimate of drug-likeness (QED) is 0.386. The van der Waals surface area contributed by atoms with Crippen LogP contribution >= 0.6 is 11.3 Å². The summed E-state index contributed by atoms with van der Waals surface area (Å²) in [5.74, 6) is 0.314. The summed E-state index contributed by atoms with van der Waals surface area (Å²) in [7, 11) is 1.35. The number of hydrogen-bond donors (Lipinski definition) is 1. The Kier molecular flexibility index (Phi) is 5.14. The summed E-state index contributed by atoms with van der Waals surface area (Å²) in [4.78, 5) is 16.6. The fourth-order valence-electron chi connectivity index (χ4n) is 2.95. The molecular weight excluding hydrogens is 386 g/mol. The zero-order valence-corrected chi connectivity index (χ0v) is 17.0. The second-order valence-electron chi connectivity index (χ2n) is 6.51. The standard InChI is InChI=1S/C22H19N3O3S/c1-13-9-10-16-17(24-25-22-23-14(2)20(29-22)21(26)27-3)12-18(28-19(16)11-13)15-7-5-4-6-8-15/h4-12H,1-3H3,(H,23,25)/b24-17-. The Morgan fingerprint density at radius 1 is 1.14 bits per heavy atom. The van der Waals surface area contributed by atoms with Crippen LogP contribution in [0.3, 0.4) is 0 Å². The van der Waals surface area contributed by atoms with E-state index in [9.17, 15) is 4.79 Å². The van der Waals surface area contributed by atoms with Gasteiger partial charge in [-0.05, 0) is 31.5 Å². The van der Waals surface area contributed by atoms with Crippen molar-refractivity contribution < 1.29 is 13.9 Å². The molecular formula is C22H19N3O3S. The fourth-order valence-corrected chi connectivity index (χ4v) is 3.77. The van der Waals surface area contributed by atoms with Gasteiger partial charge in [0.05, 0.1) is 18.2 Å². The molecule has 0 saturated heterocycles. The van der Waals surface area contributed by atoms with Crippen molar-refractivity contribution in [3.63, 3.8) is 0 Å². The molecule has 0 unspecified atom stereocenters. The zero-order valence-electron chi connectivity index (χ0n) is 16.2. The highest BCUT2D eigenvalue weighted by Gasteiger charge is 2.15. The van der Waals surface area contributed by atoms with Crippen LogP contribution in [0.25, 0.3) is 22.3 Å². The SMILES string of the molecule is COC(=O)c1sc(N/N=c2/cc(-c3ccccc3)oc3cc(C)ccc23)nc1C. The number of thiazole rings is 1. The van der Waals surface area contributed by atoms with E-state index in [1.165, 1.54) is 18.4 Å². The van der Waals surface area contributed by atoms with E-state index < -0.39 is 5.97 Å². The van der Waals surface area contributed by atoms with Gasteiger partial charge in [0.25, 0.3) is 0 Å². The van der Waals surface area contributed by atoms with Gasteiger partial charge in [-0.25, -0.2) is 9.78 Å². The molecule has 2 aromatic heterocycles. The van der Waals surface area contributed by atoms with Crippen molar-refractivity contribution in [3.05, 3.63) is 76.1 Å². The molecule has 0 aliphatic carbocycles. The number of aromatic nitrogens is 1. The summed E-state index contributed by atoms with van der Waals surface area (Å²) >= 11 is 1.21. The van der Waals surface area contributed by atoms with E-state index in [1.54, 1.807) is 6.92 Å². The highest BCUT2D eigenvalue weighted by atomic mass is 32.1. The van der Waals surface area contributed by atoms with Crippen LogP contribution < -0.4 is 10.8 Å². The number of aryl methyl sites for hydroxylation is 2. The van der Waals surface area contributed by atoms with E-state index in [0.29, 0.717) is 15.7 Å². The molecule has 0 saturated carbocycles. The van der Waals surface area contributed by atoms with Gasteiger partial charge in [-0.3, -0.25) is 5.43 Å². The molecule has 0 aliphatic heterocycles. The minimum Gasteiger partial charge on any atom is -0.465 e. The molecule has 4 rings (SSSR count). The summed E-state index contributed by atoms with van der Waals surface area (Å²) in [6.45, 7) is 3.78. The molecule has 0 atom stereocenters. The van der Waals surface area contributed by atoms with Crippen molar-refractivity contribution in [2.45, 2.75) is 13.8 Å². The summed E-state index contributed by atoms with van der Waals surface area (Å²) in [5.41, 5.74) is 6.39. The van der Waals surface area contributed by atoms with Crippen molar-refractivity contribution in [2.75, 3.05) is 12.5 Å². The molecule has 2 aromatic carbocycles. The average Bonchev–Trinajstić information content (AvgIpc) is 3.12. The third-order valence-electron chi connectivity index (χ3n) is 4.40. The Labute approximate surface area is 171 Å². The Morgan fingerprint density at radius 3 is 2.69 bits per heavy atom. The van der Waals surface area contributed by atoms with Gasteiger partial charge in [-0.1, -0.05) is 47.7 Å². The predicted molar refractivity (Wildman–Crippen MR) is 114 cm³/mol. The van der Waals surface area contributed by atoms with Gasteiger partial charge in [-0.2, -0.15) is 5.10 Å². The number of esters is 1. The first kappa shape index (κ1) is 18.9. The number of nitrogens with one attached hydrogen (secondary N) is 1. The lowest BCUT2D eigenvalue weighted by Gasteiger charge is -2.06. The van der Waals surface area contributed by atoms with E-state index in [-0.39, 0.29) is 0 Å². The zero-order chi connectivity index (χ0) is 20.4. The first-order valence-corrected chi connectivity index (χ1v) is 9.82. The van der Waals surface area contributed by atoms with Gasteiger partial charge in [-0.15, -0.1) is 0 Å². The van der Waals surface area contributed by atoms with E-state index in [0.717, 1.165) is 33.2 Å². The molecule has 0 bridgehead atoms. The molecule has 0 aliphatic rings. The van der Waals surface area contributed by atoms with Crippen molar-refractivity contribution in [3.8, 4) is 11.3 Å². The van der Waals surface area contributed by atoms with Gasteiger partial charge in [0, 0.05) is 17.0 Å². The minimum absolute atomic E-state index is 0.404. The monoisotopic (exact) mass is 405 g/mol. The van der Waals surface area contributed by atoms with Gasteiger partial charge >= 0.3 is 5.97 Å². The number of carbonyl (C=O) groups is 1. The van der Waals surface area contributed by atoms with Gasteiger partial charge in [0.1, 0.15) is 16.2 Å². The van der Waals surface area contributed by atoms with Gasteiger partial charge in [0.15, 0.2) is 0 Å². The topological polar surface area (TPSA) is 76.7 Å². The lowest BCUT2D eigenvalue weighted by atomic mass is 10.1. The third-order valence-corrected chi connectivity index (χ3v) is 5.44. The molecule has 4 aromatic rings. The number of nitrogens with zero attached hydrogens (tertiary/aromatic N) is 2. The normalized spacial score (nSPS) is 11.6. The molecule has 2 heterocycles. The number of ether oxygens (including phenoxy) is 1. The van der Waals surface area contributed by atoms with Crippen molar-refractivity contribution in [2.24, 2.45) is 5.10 Å². The van der Waals surface area contributed by atoms with E-state index >= 15 is 0 Å². The van der Waals surface area contributed by atoms with Crippen LogP contribution in [-0.4, -0.2) is 18.1 Å². The largest absolute Gasteiger partial charge is 0.465 e. The molecule has 7 heteroatoms. The molecule has 0 spiro atoms. The Morgan fingerprint density at radius 2 is 1.93 bits per heavy atom. The molecule has 6 nitrogen and oxygen atoms in total. The third kappa shape index (κ3) is 3.90. The maximum atomic E-state index is 11.8. The number of benzene rings is 2. The van der Waals surface area contributed by atoms with Crippen molar-refractivity contribution >= 4 is 33.4 Å². The summed E-state index contributed by atoms with van der Waals surface area (Å²) in [6, 6.07) is 17.8. The number of methoxy groups -OCH3 is 1. The smallest absolute Gasteiger partial charge is 0.350 e.